The van der Waals surface area contributed by atoms with Gasteiger partial charge in [0.2, 0.25) is 0 Å². The van der Waals surface area contributed by atoms with Crippen LogP contribution in [0.5, 0.6) is 11.5 Å². The number of ether oxygens (including phenoxy) is 1. The monoisotopic (exact) mass is 202 g/mol. The van der Waals surface area contributed by atoms with Crippen LogP contribution in [0.15, 0.2) is 6.07 Å². The summed E-state index contributed by atoms with van der Waals surface area (Å²) in [6.45, 7) is 1.48. The molecule has 0 bridgehead atoms. The van der Waals surface area contributed by atoms with E-state index < -0.39 is 0 Å². The normalized spacial score (nSPS) is 10.2. The summed E-state index contributed by atoms with van der Waals surface area (Å²) >= 11 is 5.85. The van der Waals surface area contributed by atoms with E-state index in [0.717, 1.165) is 0 Å². The number of rotatable bonds is 2. The Kier molecular flexibility index (Phi) is 3.01. The summed E-state index contributed by atoms with van der Waals surface area (Å²) in [6.07, 6.45) is 0. The van der Waals surface area contributed by atoms with Crippen LogP contribution in [-0.2, 0) is 6.61 Å². The Labute approximate surface area is 81.5 Å². The molecule has 1 aromatic rings. The van der Waals surface area contributed by atoms with Gasteiger partial charge in [0.25, 0.3) is 0 Å². The van der Waals surface area contributed by atoms with Crippen molar-refractivity contribution in [3.05, 3.63) is 22.2 Å². The zero-order chi connectivity index (χ0) is 10.0. The van der Waals surface area contributed by atoms with Gasteiger partial charge in [0.1, 0.15) is 0 Å². The lowest BCUT2D eigenvalue weighted by atomic mass is 10.1. The molecule has 0 spiro atoms. The largest absolute Gasteiger partial charge is 0.504 e. The summed E-state index contributed by atoms with van der Waals surface area (Å²) in [5.41, 5.74) is 1.03. The van der Waals surface area contributed by atoms with Gasteiger partial charge < -0.3 is 14.9 Å². The predicted octanol–water partition coefficient (Wildman–Crippen LogP) is 1.85. The first-order chi connectivity index (χ1) is 6.11. The van der Waals surface area contributed by atoms with Gasteiger partial charge in [-0.2, -0.15) is 0 Å². The molecule has 0 radical (unpaired) electrons. The Balaban J connectivity index is 3.39. The fourth-order valence-corrected chi connectivity index (χ4v) is 1.35. The minimum atomic E-state index is -0.262. The third-order valence-corrected chi connectivity index (χ3v) is 2.29. The third kappa shape index (κ3) is 1.71. The van der Waals surface area contributed by atoms with Crippen molar-refractivity contribution in [2.24, 2.45) is 0 Å². The molecule has 0 aromatic heterocycles. The number of halogens is 1. The Morgan fingerprint density at radius 3 is 2.62 bits per heavy atom. The zero-order valence-corrected chi connectivity index (χ0v) is 8.22. The molecule has 4 heteroatoms. The summed E-state index contributed by atoms with van der Waals surface area (Å²) in [4.78, 5) is 0. The number of aliphatic hydroxyl groups is 1. The van der Waals surface area contributed by atoms with Crippen molar-refractivity contribution < 1.29 is 14.9 Å². The predicted molar refractivity (Wildman–Crippen MR) is 50.3 cm³/mol. The van der Waals surface area contributed by atoms with Crippen molar-refractivity contribution in [1.29, 1.82) is 0 Å². The number of aromatic hydroxyl groups is 1. The Morgan fingerprint density at radius 1 is 1.54 bits per heavy atom. The van der Waals surface area contributed by atoms with Gasteiger partial charge in [-0.1, -0.05) is 11.6 Å². The lowest BCUT2D eigenvalue weighted by molar-refractivity contribution is 0.272. The first-order valence-corrected chi connectivity index (χ1v) is 4.15. The van der Waals surface area contributed by atoms with Gasteiger partial charge in [0.15, 0.2) is 11.5 Å². The van der Waals surface area contributed by atoms with Crippen LogP contribution in [0, 0.1) is 6.92 Å². The lowest BCUT2D eigenvalue weighted by Gasteiger charge is -2.11. The number of aliphatic hydroxyl groups excluding tert-OH is 1. The number of methoxy groups -OCH3 is 1. The average Bonchev–Trinajstić information content (AvgIpc) is 2.12. The molecule has 0 aliphatic carbocycles. The van der Waals surface area contributed by atoms with Crippen LogP contribution in [0.4, 0.5) is 0 Å². The van der Waals surface area contributed by atoms with Crippen LogP contribution in [0.25, 0.3) is 0 Å². The van der Waals surface area contributed by atoms with E-state index in [2.05, 4.69) is 0 Å². The van der Waals surface area contributed by atoms with Crippen molar-refractivity contribution in [2.75, 3.05) is 7.11 Å². The Hall–Kier alpha value is -0.930. The number of hydrogen-bond donors (Lipinski definition) is 2. The van der Waals surface area contributed by atoms with Crippen molar-refractivity contribution in [3.63, 3.8) is 0 Å². The number of phenols is 1. The molecular formula is C9H11ClO3. The molecule has 0 saturated heterocycles. The summed E-state index contributed by atoms with van der Waals surface area (Å²) in [7, 11) is 1.44. The van der Waals surface area contributed by atoms with E-state index in [9.17, 15) is 5.11 Å². The maximum absolute atomic E-state index is 9.55. The highest BCUT2D eigenvalue weighted by Gasteiger charge is 2.13. The van der Waals surface area contributed by atoms with Crippen LogP contribution >= 0.6 is 11.6 Å². The van der Waals surface area contributed by atoms with Crippen molar-refractivity contribution in [1.82, 2.24) is 0 Å². The second-order valence-corrected chi connectivity index (χ2v) is 3.09. The van der Waals surface area contributed by atoms with Crippen molar-refractivity contribution in [3.8, 4) is 11.5 Å². The van der Waals surface area contributed by atoms with Gasteiger partial charge in [-0.3, -0.25) is 0 Å². The topological polar surface area (TPSA) is 49.7 Å². The summed E-state index contributed by atoms with van der Waals surface area (Å²) in [5.74, 6) is 0.267. The van der Waals surface area contributed by atoms with Crippen molar-refractivity contribution >= 4 is 11.6 Å². The van der Waals surface area contributed by atoms with E-state index in [1.54, 1.807) is 6.92 Å². The highest BCUT2D eigenvalue weighted by atomic mass is 35.5. The van der Waals surface area contributed by atoms with Gasteiger partial charge in [0, 0.05) is 16.1 Å². The van der Waals surface area contributed by atoms with Gasteiger partial charge in [-0.25, -0.2) is 0 Å². The van der Waals surface area contributed by atoms with Crippen LogP contribution < -0.4 is 4.74 Å². The van der Waals surface area contributed by atoms with Crippen LogP contribution in [0.1, 0.15) is 11.1 Å². The summed E-state index contributed by atoms with van der Waals surface area (Å²) < 4.78 is 4.95. The minimum absolute atomic E-state index is 0.0492. The molecule has 0 amide bonds. The van der Waals surface area contributed by atoms with Gasteiger partial charge in [0.05, 0.1) is 13.7 Å². The van der Waals surface area contributed by atoms with E-state index in [1.807, 2.05) is 0 Å². The van der Waals surface area contributed by atoms with Crippen LogP contribution in [0.3, 0.4) is 0 Å². The average molecular weight is 203 g/mol. The Morgan fingerprint density at radius 2 is 2.15 bits per heavy atom. The van der Waals surface area contributed by atoms with E-state index in [4.69, 9.17) is 21.4 Å². The molecule has 0 atom stereocenters. The standard InChI is InChI=1S/C9H11ClO3/c1-5-7(10)3-6(4-11)8(12)9(5)13-2/h3,11-12H,4H2,1-2H3. The maximum atomic E-state index is 9.55. The molecule has 0 aliphatic rings. The van der Waals surface area contributed by atoms with Crippen molar-refractivity contribution in [2.45, 2.75) is 13.5 Å². The quantitative estimate of drug-likeness (QED) is 0.770. The number of benzene rings is 1. The van der Waals surface area contributed by atoms with E-state index in [-0.39, 0.29) is 12.4 Å². The second-order valence-electron chi connectivity index (χ2n) is 2.68. The molecule has 1 aromatic carbocycles. The third-order valence-electron chi connectivity index (χ3n) is 1.89. The minimum Gasteiger partial charge on any atom is -0.504 e. The molecule has 0 unspecified atom stereocenters. The second kappa shape index (κ2) is 3.85. The highest BCUT2D eigenvalue weighted by Crippen LogP contribution is 2.37. The Bertz CT molecular complexity index is 323. The van der Waals surface area contributed by atoms with Gasteiger partial charge >= 0.3 is 0 Å². The fraction of sp³-hybridized carbons (Fsp3) is 0.333. The molecule has 1 rings (SSSR count). The zero-order valence-electron chi connectivity index (χ0n) is 7.47. The van der Waals surface area contributed by atoms with Gasteiger partial charge in [-0.15, -0.1) is 0 Å². The maximum Gasteiger partial charge on any atom is 0.165 e. The molecule has 0 saturated carbocycles. The summed E-state index contributed by atoms with van der Waals surface area (Å²) in [6, 6.07) is 1.52. The molecule has 0 heterocycles. The molecule has 0 fully saturated rings. The van der Waals surface area contributed by atoms with E-state index >= 15 is 0 Å². The van der Waals surface area contributed by atoms with Crippen LogP contribution in [0.2, 0.25) is 5.02 Å². The summed E-state index contributed by atoms with van der Waals surface area (Å²) in [5, 5.41) is 18.9. The van der Waals surface area contributed by atoms with E-state index in [1.165, 1.54) is 13.2 Å². The lowest BCUT2D eigenvalue weighted by Crippen LogP contribution is -1.93. The molecule has 0 aliphatic heterocycles. The SMILES string of the molecule is COc1c(C)c(Cl)cc(CO)c1O. The van der Waals surface area contributed by atoms with Gasteiger partial charge in [-0.05, 0) is 13.0 Å². The van der Waals surface area contributed by atoms with Crippen LogP contribution in [-0.4, -0.2) is 17.3 Å². The van der Waals surface area contributed by atoms with E-state index in [0.29, 0.717) is 21.9 Å². The smallest absolute Gasteiger partial charge is 0.165 e. The molecule has 2 N–H and O–H groups in total. The highest BCUT2D eigenvalue weighted by molar-refractivity contribution is 6.31. The first kappa shape index (κ1) is 10.2. The fourth-order valence-electron chi connectivity index (χ4n) is 1.13. The number of hydrogen-bond acceptors (Lipinski definition) is 3. The first-order valence-electron chi connectivity index (χ1n) is 3.77. The molecule has 3 nitrogen and oxygen atoms in total. The molecule has 72 valence electrons. The molecular weight excluding hydrogens is 192 g/mol. The molecule has 13 heavy (non-hydrogen) atoms.